The number of anilines is 2. The van der Waals surface area contributed by atoms with Gasteiger partial charge in [0.1, 0.15) is 6.07 Å². The molecule has 1 aliphatic rings. The second kappa shape index (κ2) is 7.18. The van der Waals surface area contributed by atoms with Crippen LogP contribution in [0, 0.1) is 17.2 Å². The summed E-state index contributed by atoms with van der Waals surface area (Å²) in [4.78, 5) is 26.4. The molecule has 2 aromatic rings. The van der Waals surface area contributed by atoms with Gasteiger partial charge in [0.25, 0.3) is 0 Å². The third kappa shape index (κ3) is 3.53. The van der Waals surface area contributed by atoms with E-state index in [1.54, 1.807) is 24.3 Å². The van der Waals surface area contributed by atoms with Crippen LogP contribution in [-0.2, 0) is 16.0 Å². The van der Waals surface area contributed by atoms with E-state index < -0.39 is 5.92 Å². The summed E-state index contributed by atoms with van der Waals surface area (Å²) in [6, 6.07) is 16.7. The van der Waals surface area contributed by atoms with Gasteiger partial charge in [-0.15, -0.1) is 0 Å². The van der Waals surface area contributed by atoms with Crippen molar-refractivity contribution in [2.75, 3.05) is 16.8 Å². The number of benzene rings is 2. The number of hydrogen-bond donors (Lipinski definition) is 1. The fourth-order valence-corrected chi connectivity index (χ4v) is 2.99. The first-order valence-corrected chi connectivity index (χ1v) is 8.31. The molecule has 3 rings (SSSR count). The standard InChI is InChI=1S/C20H19N3O2/c1-2-14-7-9-17(10-8-14)22-20(25)16-11-19(24)23(13-16)18-6-4-3-5-15(18)12-21/h3-10,16H,2,11,13H2,1H3,(H,22,25). The van der Waals surface area contributed by atoms with Crippen molar-refractivity contribution in [1.82, 2.24) is 0 Å². The minimum atomic E-state index is -0.426. The van der Waals surface area contributed by atoms with E-state index in [2.05, 4.69) is 18.3 Å². The van der Waals surface area contributed by atoms with Crippen molar-refractivity contribution >= 4 is 23.2 Å². The Labute approximate surface area is 146 Å². The van der Waals surface area contributed by atoms with Crippen LogP contribution in [0.4, 0.5) is 11.4 Å². The Kier molecular flexibility index (Phi) is 4.80. The molecule has 0 aromatic heterocycles. The topological polar surface area (TPSA) is 73.2 Å². The second-order valence-corrected chi connectivity index (χ2v) is 6.07. The van der Waals surface area contributed by atoms with Crippen molar-refractivity contribution in [3.8, 4) is 6.07 Å². The van der Waals surface area contributed by atoms with Crippen molar-refractivity contribution in [2.45, 2.75) is 19.8 Å². The van der Waals surface area contributed by atoms with Crippen LogP contribution in [0.1, 0.15) is 24.5 Å². The molecular weight excluding hydrogens is 314 g/mol. The molecule has 1 heterocycles. The third-order valence-electron chi connectivity index (χ3n) is 4.44. The third-order valence-corrected chi connectivity index (χ3v) is 4.44. The molecule has 1 saturated heterocycles. The lowest BCUT2D eigenvalue weighted by Crippen LogP contribution is -2.28. The van der Waals surface area contributed by atoms with Crippen LogP contribution in [-0.4, -0.2) is 18.4 Å². The molecule has 1 aliphatic heterocycles. The van der Waals surface area contributed by atoms with Crippen molar-refractivity contribution in [3.05, 3.63) is 59.7 Å². The van der Waals surface area contributed by atoms with E-state index >= 15 is 0 Å². The summed E-state index contributed by atoms with van der Waals surface area (Å²) in [5.41, 5.74) is 2.93. The van der Waals surface area contributed by atoms with E-state index in [0.717, 1.165) is 12.1 Å². The normalized spacial score (nSPS) is 16.6. The smallest absolute Gasteiger partial charge is 0.229 e. The van der Waals surface area contributed by atoms with Gasteiger partial charge in [-0.05, 0) is 36.2 Å². The summed E-state index contributed by atoms with van der Waals surface area (Å²) in [7, 11) is 0. The summed E-state index contributed by atoms with van der Waals surface area (Å²) in [5.74, 6) is -0.733. The number of nitriles is 1. The summed E-state index contributed by atoms with van der Waals surface area (Å²) >= 11 is 0. The van der Waals surface area contributed by atoms with Gasteiger partial charge in [0.15, 0.2) is 0 Å². The van der Waals surface area contributed by atoms with Gasteiger partial charge in [0.2, 0.25) is 11.8 Å². The second-order valence-electron chi connectivity index (χ2n) is 6.07. The zero-order valence-corrected chi connectivity index (χ0v) is 14.0. The molecular formula is C20H19N3O2. The highest BCUT2D eigenvalue weighted by atomic mass is 16.2. The fraction of sp³-hybridized carbons (Fsp3) is 0.250. The van der Waals surface area contributed by atoms with Gasteiger partial charge in [-0.2, -0.15) is 5.26 Å². The average Bonchev–Trinajstić information content (AvgIpc) is 3.04. The Hall–Kier alpha value is -3.13. The van der Waals surface area contributed by atoms with Crippen molar-refractivity contribution in [2.24, 2.45) is 5.92 Å². The molecule has 0 spiro atoms. The molecule has 1 unspecified atom stereocenters. The van der Waals surface area contributed by atoms with Gasteiger partial charge in [-0.3, -0.25) is 9.59 Å². The summed E-state index contributed by atoms with van der Waals surface area (Å²) in [6.07, 6.45) is 1.09. The molecule has 25 heavy (non-hydrogen) atoms. The van der Waals surface area contributed by atoms with E-state index in [-0.39, 0.29) is 24.8 Å². The Balaban J connectivity index is 1.71. The highest BCUT2D eigenvalue weighted by molar-refractivity contribution is 6.04. The number of amides is 2. The van der Waals surface area contributed by atoms with Crippen LogP contribution in [0.2, 0.25) is 0 Å². The molecule has 1 fully saturated rings. The maximum absolute atomic E-state index is 12.5. The predicted molar refractivity (Wildman–Crippen MR) is 96.1 cm³/mol. The molecule has 0 bridgehead atoms. The first-order valence-electron chi connectivity index (χ1n) is 8.31. The Morgan fingerprint density at radius 3 is 2.64 bits per heavy atom. The molecule has 0 radical (unpaired) electrons. The number of carbonyl (C=O) groups excluding carboxylic acids is 2. The van der Waals surface area contributed by atoms with Gasteiger partial charge in [-0.1, -0.05) is 31.2 Å². The molecule has 0 saturated carbocycles. The van der Waals surface area contributed by atoms with E-state index in [0.29, 0.717) is 11.3 Å². The number of aryl methyl sites for hydroxylation is 1. The lowest BCUT2D eigenvalue weighted by atomic mass is 10.1. The number of carbonyl (C=O) groups is 2. The largest absolute Gasteiger partial charge is 0.326 e. The van der Waals surface area contributed by atoms with E-state index in [9.17, 15) is 14.9 Å². The molecule has 1 N–H and O–H groups in total. The lowest BCUT2D eigenvalue weighted by molar-refractivity contribution is -0.122. The van der Waals surface area contributed by atoms with E-state index in [4.69, 9.17) is 0 Å². The maximum Gasteiger partial charge on any atom is 0.229 e. The Morgan fingerprint density at radius 2 is 1.96 bits per heavy atom. The lowest BCUT2D eigenvalue weighted by Gasteiger charge is -2.18. The average molecular weight is 333 g/mol. The molecule has 126 valence electrons. The molecule has 0 aliphatic carbocycles. The quantitative estimate of drug-likeness (QED) is 0.934. The van der Waals surface area contributed by atoms with E-state index in [1.165, 1.54) is 10.5 Å². The van der Waals surface area contributed by atoms with Crippen molar-refractivity contribution < 1.29 is 9.59 Å². The number of hydrogen-bond acceptors (Lipinski definition) is 3. The van der Waals surface area contributed by atoms with E-state index in [1.807, 2.05) is 24.3 Å². The van der Waals surface area contributed by atoms with Gasteiger partial charge >= 0.3 is 0 Å². The molecule has 5 heteroatoms. The predicted octanol–water partition coefficient (Wildman–Crippen LogP) is 3.11. The summed E-state index contributed by atoms with van der Waals surface area (Å²) < 4.78 is 0. The highest BCUT2D eigenvalue weighted by Gasteiger charge is 2.36. The van der Waals surface area contributed by atoms with Crippen LogP contribution in [0.15, 0.2) is 48.5 Å². The number of para-hydroxylation sites is 1. The van der Waals surface area contributed by atoms with Crippen LogP contribution in [0.3, 0.4) is 0 Å². The fourth-order valence-electron chi connectivity index (χ4n) is 2.99. The minimum absolute atomic E-state index is 0.135. The number of nitrogens with one attached hydrogen (secondary N) is 1. The first-order chi connectivity index (χ1) is 12.1. The first kappa shape index (κ1) is 16.7. The van der Waals surface area contributed by atoms with Crippen LogP contribution < -0.4 is 10.2 Å². The monoisotopic (exact) mass is 333 g/mol. The van der Waals surface area contributed by atoms with Crippen LogP contribution in [0.5, 0.6) is 0 Å². The molecule has 2 amide bonds. The minimum Gasteiger partial charge on any atom is -0.326 e. The zero-order valence-electron chi connectivity index (χ0n) is 14.0. The Morgan fingerprint density at radius 1 is 1.24 bits per heavy atom. The molecule has 1 atom stereocenters. The molecule has 5 nitrogen and oxygen atoms in total. The summed E-state index contributed by atoms with van der Waals surface area (Å²) in [5, 5.41) is 12.1. The maximum atomic E-state index is 12.5. The van der Waals surface area contributed by atoms with Gasteiger partial charge in [0.05, 0.1) is 17.2 Å². The van der Waals surface area contributed by atoms with Gasteiger partial charge < -0.3 is 10.2 Å². The number of rotatable bonds is 4. The summed E-state index contributed by atoms with van der Waals surface area (Å²) in [6.45, 7) is 2.36. The zero-order chi connectivity index (χ0) is 17.8. The van der Waals surface area contributed by atoms with Crippen LogP contribution >= 0.6 is 0 Å². The van der Waals surface area contributed by atoms with Gasteiger partial charge in [-0.25, -0.2) is 0 Å². The number of nitrogens with zero attached hydrogens (tertiary/aromatic N) is 2. The van der Waals surface area contributed by atoms with Crippen molar-refractivity contribution in [1.29, 1.82) is 5.26 Å². The van der Waals surface area contributed by atoms with Crippen LogP contribution in [0.25, 0.3) is 0 Å². The Bertz CT molecular complexity index is 837. The van der Waals surface area contributed by atoms with Gasteiger partial charge in [0, 0.05) is 18.7 Å². The highest BCUT2D eigenvalue weighted by Crippen LogP contribution is 2.28. The molecule has 2 aromatic carbocycles. The SMILES string of the molecule is CCc1ccc(NC(=O)C2CC(=O)N(c3ccccc3C#N)C2)cc1. The van der Waals surface area contributed by atoms with Crippen molar-refractivity contribution in [3.63, 3.8) is 0 Å².